The van der Waals surface area contributed by atoms with E-state index in [9.17, 15) is 8.42 Å². The minimum absolute atomic E-state index is 0.0322. The number of halogens is 3. The molecule has 2 fully saturated rings. The lowest BCUT2D eigenvalue weighted by atomic mass is 9.47. The molecule has 0 aliphatic heterocycles. The third kappa shape index (κ3) is 2.87. The lowest BCUT2D eigenvalue weighted by molar-refractivity contribution is -0.195. The molecule has 0 amide bonds. The molecule has 23 heavy (non-hydrogen) atoms. The predicted octanol–water partition coefficient (Wildman–Crippen LogP) is 4.46. The molecule has 3 unspecified atom stereocenters. The van der Waals surface area contributed by atoms with Crippen molar-refractivity contribution >= 4 is 57.8 Å². The number of hydrogen-bond donors (Lipinski definition) is 1. The second kappa shape index (κ2) is 6.36. The summed E-state index contributed by atoms with van der Waals surface area (Å²) in [6.07, 6.45) is 3.31. The van der Waals surface area contributed by atoms with E-state index in [-0.39, 0.29) is 28.4 Å². The van der Waals surface area contributed by atoms with Crippen LogP contribution in [0.4, 0.5) is 0 Å². The summed E-state index contributed by atoms with van der Waals surface area (Å²) >= 11 is 10.1. The molecule has 4 nitrogen and oxygen atoms in total. The Balaban J connectivity index is 1.91. The molecule has 2 aliphatic rings. The first-order chi connectivity index (χ1) is 10.7. The molecule has 0 bridgehead atoms. The molecule has 2 saturated carbocycles. The van der Waals surface area contributed by atoms with Gasteiger partial charge < -0.3 is 4.74 Å². The number of methoxy groups -OCH3 is 1. The van der Waals surface area contributed by atoms with Gasteiger partial charge in [-0.2, -0.15) is 0 Å². The zero-order valence-corrected chi connectivity index (χ0v) is 18.3. The van der Waals surface area contributed by atoms with Crippen molar-refractivity contribution in [3.05, 3.63) is 25.6 Å². The number of rotatable bonds is 4. The Morgan fingerprint density at radius 1 is 1.22 bits per heavy atom. The van der Waals surface area contributed by atoms with Gasteiger partial charge in [-0.05, 0) is 62.8 Å². The lowest BCUT2D eigenvalue weighted by Gasteiger charge is -2.64. The van der Waals surface area contributed by atoms with Crippen LogP contribution in [0.5, 0.6) is 0 Å². The average molecular weight is 532 g/mol. The summed E-state index contributed by atoms with van der Waals surface area (Å²) in [5, 5.41) is 0. The van der Waals surface area contributed by atoms with E-state index in [4.69, 9.17) is 4.74 Å². The molecular formula is C15H18Br3NO3S. The Morgan fingerprint density at radius 2 is 1.78 bits per heavy atom. The Bertz CT molecular complexity index is 710. The minimum Gasteiger partial charge on any atom is -0.380 e. The van der Waals surface area contributed by atoms with Gasteiger partial charge in [-0.25, -0.2) is 13.1 Å². The van der Waals surface area contributed by atoms with Crippen LogP contribution in [0.2, 0.25) is 0 Å². The third-order valence-electron chi connectivity index (χ3n) is 5.24. The average Bonchev–Trinajstić information content (AvgIpc) is 2.37. The first-order valence-corrected chi connectivity index (χ1v) is 11.3. The predicted molar refractivity (Wildman–Crippen MR) is 99.9 cm³/mol. The summed E-state index contributed by atoms with van der Waals surface area (Å²) in [4.78, 5) is 0.239. The van der Waals surface area contributed by atoms with Crippen LogP contribution >= 0.6 is 47.8 Å². The van der Waals surface area contributed by atoms with Crippen molar-refractivity contribution in [3.63, 3.8) is 0 Å². The smallest absolute Gasteiger partial charge is 0.243 e. The zero-order valence-electron chi connectivity index (χ0n) is 12.8. The molecular weight excluding hydrogens is 514 g/mol. The van der Waals surface area contributed by atoms with Crippen LogP contribution in [0.25, 0.3) is 0 Å². The number of hydrogen-bond acceptors (Lipinski definition) is 3. The lowest BCUT2D eigenvalue weighted by Crippen LogP contribution is -2.72. The molecule has 8 heteroatoms. The maximum Gasteiger partial charge on any atom is 0.243 e. The van der Waals surface area contributed by atoms with Crippen molar-refractivity contribution in [2.24, 2.45) is 11.3 Å². The fourth-order valence-corrected chi connectivity index (χ4v) is 9.22. The van der Waals surface area contributed by atoms with E-state index in [1.54, 1.807) is 19.2 Å². The molecule has 0 aromatic heterocycles. The van der Waals surface area contributed by atoms with Gasteiger partial charge >= 0.3 is 0 Å². The maximum atomic E-state index is 12.9. The van der Waals surface area contributed by atoms with Gasteiger partial charge in [0.25, 0.3) is 0 Å². The Morgan fingerprint density at radius 3 is 2.22 bits per heavy atom. The molecule has 3 atom stereocenters. The van der Waals surface area contributed by atoms with E-state index in [0.29, 0.717) is 8.95 Å². The number of benzene rings is 1. The topological polar surface area (TPSA) is 55.4 Å². The van der Waals surface area contributed by atoms with Crippen molar-refractivity contribution < 1.29 is 13.2 Å². The van der Waals surface area contributed by atoms with Crippen LogP contribution in [0.3, 0.4) is 0 Å². The fourth-order valence-electron chi connectivity index (χ4n) is 4.15. The highest BCUT2D eigenvalue weighted by molar-refractivity contribution is 9.11. The van der Waals surface area contributed by atoms with Gasteiger partial charge in [0.05, 0.1) is 6.10 Å². The standard InChI is InChI=1S/C15H18Br3NO3S/c1-8-13(15(4-3-5-15)14(8)22-2)19-23(20,21)12-10(17)6-9(16)7-11(12)18/h6-8,13-14,19H,3-5H2,1-2H3. The third-order valence-corrected chi connectivity index (χ3v) is 9.02. The molecule has 1 N–H and O–H groups in total. The first-order valence-electron chi connectivity index (χ1n) is 7.42. The van der Waals surface area contributed by atoms with E-state index < -0.39 is 10.0 Å². The van der Waals surface area contributed by atoms with Gasteiger partial charge in [-0.15, -0.1) is 0 Å². The molecule has 0 radical (unpaired) electrons. The quantitative estimate of drug-likeness (QED) is 0.624. The van der Waals surface area contributed by atoms with E-state index in [2.05, 4.69) is 59.4 Å². The molecule has 0 heterocycles. The van der Waals surface area contributed by atoms with Gasteiger partial charge in [-0.1, -0.05) is 29.3 Å². The minimum atomic E-state index is -3.63. The second-order valence-electron chi connectivity index (χ2n) is 6.40. The highest BCUT2D eigenvalue weighted by Crippen LogP contribution is 2.60. The van der Waals surface area contributed by atoms with Crippen LogP contribution in [-0.4, -0.2) is 27.7 Å². The summed E-state index contributed by atoms with van der Waals surface area (Å²) in [6.45, 7) is 2.05. The fraction of sp³-hybridized carbons (Fsp3) is 0.600. The largest absolute Gasteiger partial charge is 0.380 e. The summed E-state index contributed by atoms with van der Waals surface area (Å²) in [5.74, 6) is 0.170. The SMILES string of the molecule is COC1C(C)C(NS(=O)(=O)c2c(Br)cc(Br)cc2Br)C12CCC2. The van der Waals surface area contributed by atoms with Crippen LogP contribution in [-0.2, 0) is 14.8 Å². The van der Waals surface area contributed by atoms with Gasteiger partial charge in [-0.3, -0.25) is 0 Å². The molecule has 3 rings (SSSR count). The van der Waals surface area contributed by atoms with E-state index in [1.807, 2.05) is 0 Å². The summed E-state index contributed by atoms with van der Waals surface area (Å²) in [7, 11) is -1.91. The van der Waals surface area contributed by atoms with Gasteiger partial charge in [0.15, 0.2) is 0 Å². The maximum absolute atomic E-state index is 12.9. The van der Waals surface area contributed by atoms with Crippen molar-refractivity contribution in [3.8, 4) is 0 Å². The van der Waals surface area contributed by atoms with Crippen molar-refractivity contribution in [2.75, 3.05) is 7.11 Å². The Kier molecular flexibility index (Phi) is 5.07. The van der Waals surface area contributed by atoms with Gasteiger partial charge in [0, 0.05) is 32.0 Å². The molecule has 0 saturated heterocycles. The van der Waals surface area contributed by atoms with Crippen LogP contribution in [0.15, 0.2) is 30.4 Å². The summed E-state index contributed by atoms with van der Waals surface area (Å²) in [5.41, 5.74) is -0.0322. The summed E-state index contributed by atoms with van der Waals surface area (Å²) < 4.78 is 36.3. The highest BCUT2D eigenvalue weighted by atomic mass is 79.9. The van der Waals surface area contributed by atoms with E-state index >= 15 is 0 Å². The molecule has 1 aromatic rings. The summed E-state index contributed by atoms with van der Waals surface area (Å²) in [6, 6.07) is 3.40. The molecule has 1 aromatic carbocycles. The number of ether oxygens (including phenoxy) is 1. The molecule has 1 spiro atoms. The molecule has 2 aliphatic carbocycles. The van der Waals surface area contributed by atoms with Crippen molar-refractivity contribution in [2.45, 2.75) is 43.2 Å². The number of sulfonamides is 1. The first kappa shape index (κ1) is 18.3. The van der Waals surface area contributed by atoms with Crippen LogP contribution < -0.4 is 4.72 Å². The van der Waals surface area contributed by atoms with E-state index in [1.165, 1.54) is 0 Å². The highest BCUT2D eigenvalue weighted by Gasteiger charge is 2.64. The monoisotopic (exact) mass is 529 g/mol. The van der Waals surface area contributed by atoms with Gasteiger partial charge in [0.1, 0.15) is 4.90 Å². The Labute approximate surface area is 162 Å². The zero-order chi connectivity index (χ0) is 17.0. The van der Waals surface area contributed by atoms with Crippen molar-refractivity contribution in [1.29, 1.82) is 0 Å². The second-order valence-corrected chi connectivity index (χ2v) is 10.7. The van der Waals surface area contributed by atoms with Crippen LogP contribution in [0, 0.1) is 11.3 Å². The normalized spacial score (nSPS) is 29.2. The van der Waals surface area contributed by atoms with Gasteiger partial charge in [0.2, 0.25) is 10.0 Å². The van der Waals surface area contributed by atoms with E-state index in [0.717, 1.165) is 23.7 Å². The molecule has 128 valence electrons. The van der Waals surface area contributed by atoms with Crippen molar-refractivity contribution in [1.82, 2.24) is 4.72 Å². The Hall–Kier alpha value is 0.530. The number of nitrogens with one attached hydrogen (secondary N) is 1. The van der Waals surface area contributed by atoms with Crippen LogP contribution in [0.1, 0.15) is 26.2 Å².